The zero-order chi connectivity index (χ0) is 26.7. The Bertz CT molecular complexity index is 1120. The molecule has 0 spiro atoms. The number of amides is 2. The summed E-state index contributed by atoms with van der Waals surface area (Å²) in [6.45, 7) is 1.89. The fourth-order valence-electron chi connectivity index (χ4n) is 4.68. The lowest BCUT2D eigenvalue weighted by Gasteiger charge is -2.36. The van der Waals surface area contributed by atoms with Gasteiger partial charge in [0.1, 0.15) is 11.4 Å². The summed E-state index contributed by atoms with van der Waals surface area (Å²) in [6, 6.07) is 6.40. The number of benzene rings is 1. The van der Waals surface area contributed by atoms with Crippen LogP contribution in [0.25, 0.3) is 0 Å². The zero-order valence-corrected chi connectivity index (χ0v) is 21.1. The number of alkyl halides is 3. The molecule has 37 heavy (non-hydrogen) atoms. The average Bonchev–Trinajstić information content (AvgIpc) is 2.86. The van der Waals surface area contributed by atoms with Gasteiger partial charge in [0.2, 0.25) is 11.9 Å². The predicted molar refractivity (Wildman–Crippen MR) is 134 cm³/mol. The van der Waals surface area contributed by atoms with E-state index in [1.165, 1.54) is 7.05 Å². The van der Waals surface area contributed by atoms with Gasteiger partial charge in [0.25, 0.3) is 5.91 Å². The van der Waals surface area contributed by atoms with Crippen molar-refractivity contribution in [2.24, 2.45) is 5.92 Å². The smallest absolute Gasteiger partial charge is 0.366 e. The van der Waals surface area contributed by atoms with Crippen molar-refractivity contribution in [3.05, 3.63) is 41.6 Å². The highest BCUT2D eigenvalue weighted by Gasteiger charge is 2.40. The first kappa shape index (κ1) is 26.6. The fraction of sp³-hybridized carbons (Fsp3) is 0.520. The van der Waals surface area contributed by atoms with E-state index in [-0.39, 0.29) is 29.6 Å². The number of hydrogen-bond donors (Lipinski definition) is 3. The lowest BCUT2D eigenvalue weighted by atomic mass is 9.79. The van der Waals surface area contributed by atoms with Crippen LogP contribution in [0.1, 0.15) is 41.6 Å². The molecule has 0 radical (unpaired) electrons. The van der Waals surface area contributed by atoms with Gasteiger partial charge < -0.3 is 25.8 Å². The van der Waals surface area contributed by atoms with E-state index >= 15 is 0 Å². The number of carbonyl (C=O) groups is 2. The highest BCUT2D eigenvalue weighted by Crippen LogP contribution is 2.37. The van der Waals surface area contributed by atoms with Crippen LogP contribution in [0.2, 0.25) is 0 Å². The van der Waals surface area contributed by atoms with E-state index in [1.807, 2.05) is 7.05 Å². The molecule has 1 aromatic heterocycles. The molecular weight excluding hydrogens is 487 g/mol. The molecule has 0 bridgehead atoms. The normalized spacial score (nSPS) is 20.6. The van der Waals surface area contributed by atoms with E-state index in [0.29, 0.717) is 24.1 Å². The number of anilines is 3. The first-order valence-electron chi connectivity index (χ1n) is 12.3. The van der Waals surface area contributed by atoms with Crippen LogP contribution < -0.4 is 16.0 Å². The lowest BCUT2D eigenvalue weighted by Crippen LogP contribution is -2.47. The third-order valence-corrected chi connectivity index (χ3v) is 7.22. The molecule has 200 valence electrons. The van der Waals surface area contributed by atoms with Crippen molar-refractivity contribution >= 4 is 29.3 Å². The number of hydrogen-bond acceptors (Lipinski definition) is 7. The van der Waals surface area contributed by atoms with Gasteiger partial charge in [0.05, 0.1) is 5.92 Å². The molecule has 1 aromatic carbocycles. The summed E-state index contributed by atoms with van der Waals surface area (Å²) in [5.74, 6) is -1.13. The van der Waals surface area contributed by atoms with E-state index in [9.17, 15) is 22.8 Å². The van der Waals surface area contributed by atoms with Gasteiger partial charge >= 0.3 is 6.18 Å². The molecule has 2 aromatic rings. The van der Waals surface area contributed by atoms with Crippen LogP contribution in [-0.2, 0) is 11.0 Å². The van der Waals surface area contributed by atoms with E-state index < -0.39 is 23.7 Å². The molecule has 1 aliphatic heterocycles. The topological polar surface area (TPSA) is 102 Å². The fourth-order valence-corrected chi connectivity index (χ4v) is 4.68. The molecule has 2 unspecified atom stereocenters. The summed E-state index contributed by atoms with van der Waals surface area (Å²) >= 11 is 0. The van der Waals surface area contributed by atoms with Crippen molar-refractivity contribution in [1.82, 2.24) is 25.1 Å². The minimum atomic E-state index is -4.66. The Morgan fingerprint density at radius 3 is 2.32 bits per heavy atom. The summed E-state index contributed by atoms with van der Waals surface area (Å²) in [4.78, 5) is 36.8. The Morgan fingerprint density at radius 1 is 1.08 bits per heavy atom. The van der Waals surface area contributed by atoms with Gasteiger partial charge in [-0.05, 0) is 70.1 Å². The van der Waals surface area contributed by atoms with Crippen LogP contribution in [0, 0.1) is 5.92 Å². The van der Waals surface area contributed by atoms with E-state index in [1.54, 1.807) is 29.2 Å². The predicted octanol–water partition coefficient (Wildman–Crippen LogP) is 3.34. The highest BCUT2D eigenvalue weighted by molar-refractivity contribution is 5.94. The van der Waals surface area contributed by atoms with Crippen molar-refractivity contribution in [1.29, 1.82) is 0 Å². The van der Waals surface area contributed by atoms with Crippen LogP contribution in [0.5, 0.6) is 0 Å². The first-order chi connectivity index (χ1) is 17.6. The summed E-state index contributed by atoms with van der Waals surface area (Å²) < 4.78 is 40.7. The molecule has 2 amide bonds. The second-order valence-electron chi connectivity index (χ2n) is 9.66. The van der Waals surface area contributed by atoms with E-state index in [0.717, 1.165) is 32.1 Å². The zero-order valence-electron chi connectivity index (χ0n) is 21.1. The van der Waals surface area contributed by atoms with Gasteiger partial charge in [-0.25, -0.2) is 4.98 Å². The number of aromatic nitrogens is 2. The average molecular weight is 520 g/mol. The molecule has 4 rings (SSSR count). The molecule has 9 nitrogen and oxygen atoms in total. The van der Waals surface area contributed by atoms with Crippen LogP contribution in [0.3, 0.4) is 0 Å². The minimum absolute atomic E-state index is 0.0335. The van der Waals surface area contributed by atoms with Crippen LogP contribution in [0.4, 0.5) is 30.6 Å². The maximum Gasteiger partial charge on any atom is 0.421 e. The van der Waals surface area contributed by atoms with Crippen molar-refractivity contribution < 1.29 is 22.8 Å². The molecule has 2 heterocycles. The summed E-state index contributed by atoms with van der Waals surface area (Å²) in [6.07, 6.45) is -0.944. The van der Waals surface area contributed by atoms with E-state index in [4.69, 9.17) is 0 Å². The molecule has 12 heteroatoms. The number of rotatable bonds is 7. The van der Waals surface area contributed by atoms with Crippen LogP contribution in [0.15, 0.2) is 30.5 Å². The monoisotopic (exact) mass is 519 g/mol. The molecule has 2 aliphatic rings. The lowest BCUT2D eigenvalue weighted by molar-refractivity contribution is -0.137. The summed E-state index contributed by atoms with van der Waals surface area (Å²) in [7, 11) is 5.38. The largest absolute Gasteiger partial charge is 0.421 e. The molecule has 1 saturated heterocycles. The second kappa shape index (κ2) is 10.9. The van der Waals surface area contributed by atoms with Gasteiger partial charge in [0.15, 0.2) is 0 Å². The molecule has 1 aliphatic carbocycles. The Morgan fingerprint density at radius 2 is 1.76 bits per heavy atom. The second-order valence-corrected chi connectivity index (χ2v) is 9.66. The number of piperidine rings is 1. The van der Waals surface area contributed by atoms with Crippen molar-refractivity contribution in [3.63, 3.8) is 0 Å². The number of carbonyl (C=O) groups excluding carboxylic acids is 2. The maximum atomic E-state index is 13.6. The third-order valence-electron chi connectivity index (χ3n) is 7.22. The molecule has 2 atom stereocenters. The summed E-state index contributed by atoms with van der Waals surface area (Å²) in [5, 5.41) is 8.23. The standard InChI is InChI=1S/C25H32F3N7O2/c1-29-22(36)18-8-9-20(18)32-21-19(25(26,27)28)14-30-24(33-21)31-16-6-4-15(5-7-16)23(37)35(3)17-10-12-34(2)13-11-17/h4-7,14,17-18,20H,8-13H2,1-3H3,(H,29,36)(H2,30,31,32,33). The molecule has 1 saturated carbocycles. The van der Waals surface area contributed by atoms with Crippen molar-refractivity contribution in [2.45, 2.75) is 43.9 Å². The SMILES string of the molecule is CNC(=O)C1CCC1Nc1nc(Nc2ccc(C(=O)N(C)C3CCN(C)CC3)cc2)ncc1C(F)(F)F. The minimum Gasteiger partial charge on any atom is -0.366 e. The summed E-state index contributed by atoms with van der Waals surface area (Å²) in [5.41, 5.74) is 0.0440. The molecule has 3 N–H and O–H groups in total. The maximum absolute atomic E-state index is 13.6. The third kappa shape index (κ3) is 6.12. The number of nitrogens with one attached hydrogen (secondary N) is 3. The van der Waals surface area contributed by atoms with Gasteiger partial charge in [-0.2, -0.15) is 18.2 Å². The quantitative estimate of drug-likeness (QED) is 0.516. The van der Waals surface area contributed by atoms with Crippen molar-refractivity contribution in [3.8, 4) is 0 Å². The Kier molecular flexibility index (Phi) is 7.86. The van der Waals surface area contributed by atoms with Crippen LogP contribution >= 0.6 is 0 Å². The Labute approximate surface area is 213 Å². The Hall–Kier alpha value is -3.41. The number of nitrogens with zero attached hydrogens (tertiary/aromatic N) is 4. The Balaban J connectivity index is 1.46. The van der Waals surface area contributed by atoms with Gasteiger partial charge in [-0.1, -0.05) is 0 Å². The first-order valence-corrected chi connectivity index (χ1v) is 12.3. The molecular formula is C25H32F3N7O2. The van der Waals surface area contributed by atoms with Gasteiger partial charge in [-0.15, -0.1) is 0 Å². The number of halogens is 3. The van der Waals surface area contributed by atoms with Gasteiger partial charge in [0, 0.05) is 43.6 Å². The van der Waals surface area contributed by atoms with E-state index in [2.05, 4.69) is 37.9 Å². The number of likely N-dealkylation sites (tertiary alicyclic amines) is 1. The van der Waals surface area contributed by atoms with Crippen LogP contribution in [-0.4, -0.2) is 77.9 Å². The molecule has 2 fully saturated rings. The van der Waals surface area contributed by atoms with Crippen molar-refractivity contribution in [2.75, 3.05) is 44.9 Å². The highest BCUT2D eigenvalue weighted by atomic mass is 19.4. The van der Waals surface area contributed by atoms with Gasteiger partial charge in [-0.3, -0.25) is 9.59 Å².